The monoisotopic (exact) mass is 452 g/mol. The van der Waals surface area contributed by atoms with E-state index < -0.39 is 0 Å². The number of pyridine rings is 1. The van der Waals surface area contributed by atoms with Crippen molar-refractivity contribution in [3.05, 3.63) is 76.6 Å². The molecule has 1 fully saturated rings. The van der Waals surface area contributed by atoms with Gasteiger partial charge < -0.3 is 15.2 Å². The lowest BCUT2D eigenvalue weighted by molar-refractivity contribution is 0.0727. The Morgan fingerprint density at radius 1 is 1.06 bits per heavy atom. The van der Waals surface area contributed by atoms with Crippen molar-refractivity contribution in [1.29, 1.82) is 0 Å². The molecule has 0 radical (unpaired) electrons. The summed E-state index contributed by atoms with van der Waals surface area (Å²) in [5.74, 6) is -0.0508. The van der Waals surface area contributed by atoms with Crippen LogP contribution in [0.25, 0.3) is 22.2 Å². The molecule has 7 nitrogen and oxygen atoms in total. The second kappa shape index (κ2) is 8.33. The SMILES string of the molecule is Cc1cnc(C(=O)N2CCc3cc(-c4cnc5[nH]cc(C)c5c4)cc(C4CCCN4)c3C2)cn1. The van der Waals surface area contributed by atoms with Gasteiger partial charge in [0.1, 0.15) is 11.3 Å². The van der Waals surface area contributed by atoms with E-state index in [1.54, 1.807) is 12.4 Å². The maximum absolute atomic E-state index is 13.2. The Morgan fingerprint density at radius 3 is 2.76 bits per heavy atom. The quantitative estimate of drug-likeness (QED) is 0.485. The molecule has 1 atom stereocenters. The highest BCUT2D eigenvalue weighted by molar-refractivity contribution is 5.92. The van der Waals surface area contributed by atoms with Crippen LogP contribution in [0, 0.1) is 13.8 Å². The van der Waals surface area contributed by atoms with E-state index in [1.807, 2.05) is 24.2 Å². The maximum Gasteiger partial charge on any atom is 0.274 e. The molecule has 1 saturated heterocycles. The number of amides is 1. The van der Waals surface area contributed by atoms with Gasteiger partial charge >= 0.3 is 0 Å². The first-order chi connectivity index (χ1) is 16.6. The van der Waals surface area contributed by atoms with Crippen molar-refractivity contribution in [3.63, 3.8) is 0 Å². The highest BCUT2D eigenvalue weighted by atomic mass is 16.2. The maximum atomic E-state index is 13.2. The van der Waals surface area contributed by atoms with E-state index >= 15 is 0 Å². The van der Waals surface area contributed by atoms with Crippen molar-refractivity contribution < 1.29 is 4.79 Å². The highest BCUT2D eigenvalue weighted by Gasteiger charge is 2.29. The smallest absolute Gasteiger partial charge is 0.274 e. The molecule has 1 aromatic carbocycles. The van der Waals surface area contributed by atoms with Crippen LogP contribution < -0.4 is 5.32 Å². The molecule has 0 spiro atoms. The van der Waals surface area contributed by atoms with Crippen LogP contribution in [0.3, 0.4) is 0 Å². The molecule has 5 heterocycles. The average molecular weight is 453 g/mol. The van der Waals surface area contributed by atoms with Crippen molar-refractivity contribution in [2.24, 2.45) is 0 Å². The average Bonchev–Trinajstić information content (AvgIpc) is 3.53. The van der Waals surface area contributed by atoms with E-state index in [0.717, 1.165) is 41.7 Å². The van der Waals surface area contributed by atoms with Crippen LogP contribution in [-0.4, -0.2) is 43.8 Å². The predicted molar refractivity (Wildman–Crippen MR) is 131 cm³/mol. The first kappa shape index (κ1) is 21.0. The molecule has 34 heavy (non-hydrogen) atoms. The van der Waals surface area contributed by atoms with Crippen LogP contribution in [0.2, 0.25) is 0 Å². The number of carbonyl (C=O) groups is 1. The summed E-state index contributed by atoms with van der Waals surface area (Å²) in [6.07, 6.45) is 10.3. The number of benzene rings is 1. The van der Waals surface area contributed by atoms with Gasteiger partial charge in [0.25, 0.3) is 5.91 Å². The fourth-order valence-corrected chi connectivity index (χ4v) is 5.26. The zero-order valence-electron chi connectivity index (χ0n) is 19.6. The number of aryl methyl sites for hydroxylation is 2. The van der Waals surface area contributed by atoms with Gasteiger partial charge in [-0.3, -0.25) is 9.78 Å². The first-order valence-electron chi connectivity index (χ1n) is 12.0. The molecular weight excluding hydrogens is 424 g/mol. The predicted octanol–water partition coefficient (Wildman–Crippen LogP) is 4.26. The molecule has 0 bridgehead atoms. The fourth-order valence-electron chi connectivity index (χ4n) is 5.26. The molecule has 1 unspecified atom stereocenters. The standard InChI is InChI=1S/C27H28N6O/c1-16-11-31-26-21(16)10-20(13-32-26)19-8-18-5-7-33(27(34)25-14-29-17(2)12-30-25)15-23(18)22(9-19)24-4-3-6-28-24/h8-14,24,28H,3-7,15H2,1-2H3,(H,31,32). The molecule has 2 N–H and O–H groups in total. The van der Waals surface area contributed by atoms with Crippen molar-refractivity contribution in [1.82, 2.24) is 30.2 Å². The number of H-pyrrole nitrogens is 1. The number of nitrogens with one attached hydrogen (secondary N) is 2. The minimum Gasteiger partial charge on any atom is -0.346 e. The van der Waals surface area contributed by atoms with Crippen LogP contribution in [0.4, 0.5) is 0 Å². The Kier molecular flexibility index (Phi) is 5.14. The summed E-state index contributed by atoms with van der Waals surface area (Å²) in [4.78, 5) is 31.6. The Bertz CT molecular complexity index is 1380. The van der Waals surface area contributed by atoms with Gasteiger partial charge in [0, 0.05) is 48.7 Å². The molecule has 4 aromatic rings. The summed E-state index contributed by atoms with van der Waals surface area (Å²) in [6.45, 7) is 6.29. The number of rotatable bonds is 3. The third-order valence-electron chi connectivity index (χ3n) is 7.17. The fraction of sp³-hybridized carbons (Fsp3) is 0.333. The Labute approximate surface area is 198 Å². The van der Waals surface area contributed by atoms with Crippen LogP contribution in [0.1, 0.15) is 57.3 Å². The number of aromatic amines is 1. The van der Waals surface area contributed by atoms with E-state index in [4.69, 9.17) is 0 Å². The Hall–Kier alpha value is -3.58. The number of aromatic nitrogens is 4. The van der Waals surface area contributed by atoms with Gasteiger partial charge in [0.05, 0.1) is 11.9 Å². The van der Waals surface area contributed by atoms with Crippen LogP contribution in [-0.2, 0) is 13.0 Å². The van der Waals surface area contributed by atoms with Gasteiger partial charge in [-0.2, -0.15) is 0 Å². The van der Waals surface area contributed by atoms with Crippen molar-refractivity contribution in [2.75, 3.05) is 13.1 Å². The lowest BCUT2D eigenvalue weighted by Crippen LogP contribution is -2.37. The van der Waals surface area contributed by atoms with E-state index in [2.05, 4.69) is 50.4 Å². The molecule has 3 aromatic heterocycles. The second-order valence-electron chi connectivity index (χ2n) is 9.46. The molecule has 1 amide bonds. The van der Waals surface area contributed by atoms with Crippen LogP contribution in [0.5, 0.6) is 0 Å². The largest absolute Gasteiger partial charge is 0.346 e. The summed E-state index contributed by atoms with van der Waals surface area (Å²) in [7, 11) is 0. The van der Waals surface area contributed by atoms with Crippen molar-refractivity contribution in [2.45, 2.75) is 45.7 Å². The van der Waals surface area contributed by atoms with Gasteiger partial charge in [-0.25, -0.2) is 9.97 Å². The second-order valence-corrected chi connectivity index (χ2v) is 9.46. The number of carbonyl (C=O) groups excluding carboxylic acids is 1. The molecule has 7 heteroatoms. The summed E-state index contributed by atoms with van der Waals surface area (Å²) in [6, 6.07) is 7.16. The summed E-state index contributed by atoms with van der Waals surface area (Å²) < 4.78 is 0. The summed E-state index contributed by atoms with van der Waals surface area (Å²) in [5, 5.41) is 4.83. The molecule has 0 saturated carbocycles. The van der Waals surface area contributed by atoms with Gasteiger partial charge in [-0.05, 0) is 79.6 Å². The number of hydrogen-bond acceptors (Lipinski definition) is 5. The van der Waals surface area contributed by atoms with E-state index in [1.165, 1.54) is 34.2 Å². The third kappa shape index (κ3) is 3.66. The molecule has 2 aliphatic heterocycles. The van der Waals surface area contributed by atoms with Crippen molar-refractivity contribution >= 4 is 16.9 Å². The first-order valence-corrected chi connectivity index (χ1v) is 12.0. The minimum atomic E-state index is -0.0508. The van der Waals surface area contributed by atoms with Crippen LogP contribution in [0.15, 0.2) is 43.0 Å². The molecule has 0 aliphatic carbocycles. The number of hydrogen-bond donors (Lipinski definition) is 2. The minimum absolute atomic E-state index is 0.0508. The zero-order valence-corrected chi connectivity index (χ0v) is 19.6. The van der Waals surface area contributed by atoms with Crippen LogP contribution >= 0.6 is 0 Å². The van der Waals surface area contributed by atoms with Gasteiger partial charge in [-0.15, -0.1) is 0 Å². The topological polar surface area (TPSA) is 86.8 Å². The van der Waals surface area contributed by atoms with Crippen molar-refractivity contribution in [3.8, 4) is 11.1 Å². The highest BCUT2D eigenvalue weighted by Crippen LogP contribution is 2.36. The lowest BCUT2D eigenvalue weighted by atomic mass is 9.87. The van der Waals surface area contributed by atoms with E-state index in [9.17, 15) is 4.79 Å². The summed E-state index contributed by atoms with van der Waals surface area (Å²) in [5.41, 5.74) is 9.58. The molecular formula is C27H28N6O. The molecule has 6 rings (SSSR count). The summed E-state index contributed by atoms with van der Waals surface area (Å²) >= 11 is 0. The third-order valence-corrected chi connectivity index (χ3v) is 7.17. The van der Waals surface area contributed by atoms with Gasteiger partial charge in [0.15, 0.2) is 0 Å². The number of fused-ring (bicyclic) bond motifs is 2. The van der Waals surface area contributed by atoms with E-state index in [-0.39, 0.29) is 5.91 Å². The van der Waals surface area contributed by atoms with E-state index in [0.29, 0.717) is 24.8 Å². The zero-order chi connectivity index (χ0) is 23.2. The van der Waals surface area contributed by atoms with Gasteiger partial charge in [-0.1, -0.05) is 6.07 Å². The Morgan fingerprint density at radius 2 is 1.97 bits per heavy atom. The van der Waals surface area contributed by atoms with Gasteiger partial charge in [0.2, 0.25) is 0 Å². The number of nitrogens with zero attached hydrogens (tertiary/aromatic N) is 4. The molecule has 172 valence electrons. The molecule has 2 aliphatic rings. The Balaban J connectivity index is 1.39. The normalized spacial score (nSPS) is 17.8. The lowest BCUT2D eigenvalue weighted by Gasteiger charge is -2.32.